The van der Waals surface area contributed by atoms with Gasteiger partial charge in [0, 0.05) is 5.41 Å². The first kappa shape index (κ1) is 8.15. The molecule has 1 spiro atoms. The first-order chi connectivity index (χ1) is 6.34. The third-order valence-electron chi connectivity index (χ3n) is 6.23. The van der Waals surface area contributed by atoms with E-state index in [0.717, 1.165) is 24.7 Å². The lowest BCUT2D eigenvalue weighted by Gasteiger charge is -2.32. The van der Waals surface area contributed by atoms with E-state index in [1.807, 2.05) is 0 Å². The number of rotatable bonds is 0. The highest BCUT2D eigenvalue weighted by molar-refractivity contribution is 5.37. The Morgan fingerprint density at radius 2 is 1.71 bits per heavy atom. The lowest BCUT2D eigenvalue weighted by molar-refractivity contribution is -0.0279. The highest BCUT2D eigenvalue weighted by Crippen LogP contribution is 2.91. The fourth-order valence-corrected chi connectivity index (χ4v) is 5.82. The van der Waals surface area contributed by atoms with Gasteiger partial charge in [0.25, 0.3) is 0 Å². The standard InChI is InChI=1S/C13H20O/c1-10(2)6-12(14)7-11(3)4-9(11)13(12)5-8(10)13/h8-9,14H,4-7H2,1-3H3/t8-,9-,11-,12-,13?/m0/s1. The summed E-state index contributed by atoms with van der Waals surface area (Å²) in [4.78, 5) is 0. The summed E-state index contributed by atoms with van der Waals surface area (Å²) in [5, 5.41) is 10.8. The molecule has 0 heterocycles. The molecule has 0 aromatic rings. The van der Waals surface area contributed by atoms with Crippen LogP contribution in [0.15, 0.2) is 0 Å². The molecule has 1 nitrogen and oxygen atoms in total. The van der Waals surface area contributed by atoms with Gasteiger partial charge >= 0.3 is 0 Å². The van der Waals surface area contributed by atoms with Crippen molar-refractivity contribution in [2.24, 2.45) is 28.1 Å². The summed E-state index contributed by atoms with van der Waals surface area (Å²) >= 11 is 0. The van der Waals surface area contributed by atoms with Crippen LogP contribution in [0.1, 0.15) is 46.5 Å². The predicted molar refractivity (Wildman–Crippen MR) is 54.7 cm³/mol. The molecule has 14 heavy (non-hydrogen) atoms. The van der Waals surface area contributed by atoms with Gasteiger partial charge in [0.1, 0.15) is 0 Å². The van der Waals surface area contributed by atoms with Crippen LogP contribution < -0.4 is 0 Å². The number of hydrogen-bond donors (Lipinski definition) is 1. The molecule has 0 amide bonds. The van der Waals surface area contributed by atoms with Crippen molar-refractivity contribution in [3.63, 3.8) is 0 Å². The van der Waals surface area contributed by atoms with Crippen molar-refractivity contribution in [2.75, 3.05) is 0 Å². The molecule has 4 aliphatic carbocycles. The molecular weight excluding hydrogens is 172 g/mol. The van der Waals surface area contributed by atoms with E-state index < -0.39 is 0 Å². The largest absolute Gasteiger partial charge is 0.389 e. The van der Waals surface area contributed by atoms with Crippen molar-refractivity contribution in [2.45, 2.75) is 52.1 Å². The highest BCUT2D eigenvalue weighted by Gasteiger charge is 2.88. The van der Waals surface area contributed by atoms with Crippen molar-refractivity contribution in [3.05, 3.63) is 0 Å². The molecule has 5 atom stereocenters. The van der Waals surface area contributed by atoms with E-state index in [1.54, 1.807) is 0 Å². The Morgan fingerprint density at radius 3 is 2.29 bits per heavy atom. The monoisotopic (exact) mass is 192 g/mol. The number of fused-ring (bicyclic) bond motifs is 1. The van der Waals surface area contributed by atoms with Crippen molar-refractivity contribution in [1.82, 2.24) is 0 Å². The minimum atomic E-state index is -0.265. The second-order valence-electron chi connectivity index (χ2n) is 7.58. The first-order valence-electron chi connectivity index (χ1n) is 6.07. The van der Waals surface area contributed by atoms with Crippen LogP contribution in [0.25, 0.3) is 0 Å². The summed E-state index contributed by atoms with van der Waals surface area (Å²) in [7, 11) is 0. The van der Waals surface area contributed by atoms with Crippen LogP contribution in [0.4, 0.5) is 0 Å². The van der Waals surface area contributed by atoms with Gasteiger partial charge in [-0.15, -0.1) is 0 Å². The zero-order valence-corrected chi connectivity index (χ0v) is 9.43. The summed E-state index contributed by atoms with van der Waals surface area (Å²) in [5.74, 6) is 1.72. The molecule has 4 aliphatic rings. The first-order valence-corrected chi connectivity index (χ1v) is 6.07. The molecule has 1 unspecified atom stereocenters. The van der Waals surface area contributed by atoms with E-state index in [1.165, 1.54) is 12.8 Å². The summed E-state index contributed by atoms with van der Waals surface area (Å²) in [6, 6.07) is 0. The van der Waals surface area contributed by atoms with Crippen molar-refractivity contribution >= 4 is 0 Å². The molecule has 4 saturated carbocycles. The molecule has 0 saturated heterocycles. The summed E-state index contributed by atoms with van der Waals surface area (Å²) in [5.41, 5.74) is 1.09. The lowest BCUT2D eigenvalue weighted by atomic mass is 9.79. The van der Waals surface area contributed by atoms with Gasteiger partial charge in [0.05, 0.1) is 5.60 Å². The maximum atomic E-state index is 10.8. The van der Waals surface area contributed by atoms with E-state index in [0.29, 0.717) is 16.2 Å². The van der Waals surface area contributed by atoms with Gasteiger partial charge in [0.2, 0.25) is 0 Å². The highest BCUT2D eigenvalue weighted by atomic mass is 16.3. The third-order valence-corrected chi connectivity index (χ3v) is 6.23. The summed E-state index contributed by atoms with van der Waals surface area (Å²) in [6.45, 7) is 7.12. The van der Waals surface area contributed by atoms with Crippen LogP contribution in [0.5, 0.6) is 0 Å². The number of aliphatic hydroxyl groups is 1. The Balaban J connectivity index is 1.85. The zero-order chi connectivity index (χ0) is 9.98. The van der Waals surface area contributed by atoms with Gasteiger partial charge < -0.3 is 5.11 Å². The molecular formula is C13H20O. The molecule has 0 bridgehead atoms. The minimum absolute atomic E-state index is 0.265. The predicted octanol–water partition coefficient (Wildman–Crippen LogP) is 2.58. The molecule has 0 aliphatic heterocycles. The lowest BCUT2D eigenvalue weighted by Crippen LogP contribution is -2.36. The van der Waals surface area contributed by atoms with Crippen LogP contribution in [-0.4, -0.2) is 10.7 Å². The smallest absolute Gasteiger partial charge is 0.0720 e. The Bertz CT molecular complexity index is 343. The fourth-order valence-electron chi connectivity index (χ4n) is 5.82. The second-order valence-corrected chi connectivity index (χ2v) is 7.58. The minimum Gasteiger partial charge on any atom is -0.389 e. The van der Waals surface area contributed by atoms with Crippen molar-refractivity contribution in [3.8, 4) is 0 Å². The quantitative estimate of drug-likeness (QED) is 0.625. The van der Waals surface area contributed by atoms with Crippen molar-refractivity contribution < 1.29 is 5.11 Å². The van der Waals surface area contributed by atoms with Gasteiger partial charge in [-0.1, -0.05) is 20.8 Å². The molecule has 4 fully saturated rings. The van der Waals surface area contributed by atoms with Crippen LogP contribution in [-0.2, 0) is 0 Å². The SMILES string of the molecule is CC1(C)C[C@]2(O)C[C@]3(C)C[C@@H]3C23C[C@@H]13. The third kappa shape index (κ3) is 0.553. The molecule has 0 aromatic carbocycles. The fraction of sp³-hybridized carbons (Fsp3) is 1.00. The Kier molecular flexibility index (Phi) is 0.936. The Labute approximate surface area is 85.9 Å². The van der Waals surface area contributed by atoms with Crippen LogP contribution >= 0.6 is 0 Å². The maximum absolute atomic E-state index is 10.8. The Hall–Kier alpha value is -0.0400. The second kappa shape index (κ2) is 1.61. The average Bonchev–Trinajstić information content (AvgIpc) is 2.77. The van der Waals surface area contributed by atoms with Gasteiger partial charge in [-0.2, -0.15) is 0 Å². The van der Waals surface area contributed by atoms with Crippen LogP contribution in [0.2, 0.25) is 0 Å². The van der Waals surface area contributed by atoms with E-state index >= 15 is 0 Å². The number of hydrogen-bond acceptors (Lipinski definition) is 1. The molecule has 0 radical (unpaired) electrons. The molecule has 0 aromatic heterocycles. The van der Waals surface area contributed by atoms with Crippen LogP contribution in [0, 0.1) is 28.1 Å². The maximum Gasteiger partial charge on any atom is 0.0720 e. The van der Waals surface area contributed by atoms with Crippen molar-refractivity contribution in [1.29, 1.82) is 0 Å². The topological polar surface area (TPSA) is 20.2 Å². The van der Waals surface area contributed by atoms with E-state index in [-0.39, 0.29) is 5.60 Å². The van der Waals surface area contributed by atoms with E-state index in [9.17, 15) is 5.11 Å². The van der Waals surface area contributed by atoms with E-state index in [4.69, 9.17) is 0 Å². The molecule has 1 N–H and O–H groups in total. The normalized spacial score (nSPS) is 71.1. The summed E-state index contributed by atoms with van der Waals surface area (Å²) in [6.07, 6.45) is 4.90. The van der Waals surface area contributed by atoms with Gasteiger partial charge in [-0.05, 0) is 48.3 Å². The van der Waals surface area contributed by atoms with Gasteiger partial charge in [-0.25, -0.2) is 0 Å². The average molecular weight is 192 g/mol. The zero-order valence-electron chi connectivity index (χ0n) is 9.43. The summed E-state index contributed by atoms with van der Waals surface area (Å²) < 4.78 is 0. The van der Waals surface area contributed by atoms with Gasteiger partial charge in [-0.3, -0.25) is 0 Å². The van der Waals surface area contributed by atoms with Gasteiger partial charge in [0.15, 0.2) is 0 Å². The molecule has 78 valence electrons. The van der Waals surface area contributed by atoms with Crippen LogP contribution in [0.3, 0.4) is 0 Å². The molecule has 4 rings (SSSR count). The van der Waals surface area contributed by atoms with E-state index in [2.05, 4.69) is 20.8 Å². The Morgan fingerprint density at radius 1 is 1.00 bits per heavy atom. The molecule has 1 heteroatoms.